The maximum atomic E-state index is 5.44. The first-order valence-electron chi connectivity index (χ1n) is 6.53. The smallest absolute Gasteiger partial charge is 0.140 e. The third-order valence-corrected chi connectivity index (χ3v) is 3.76. The minimum atomic E-state index is 0.485. The molecule has 1 fully saturated rings. The minimum absolute atomic E-state index is 0.485. The molecule has 94 valence electrons. The lowest BCUT2D eigenvalue weighted by molar-refractivity contribution is 0.378. The standard InChI is InChI=1S/C14H22N2O/c1-15-12-8-5-3-4-7-11(12)14-13(17-2)9-6-10-16-14/h6,9-12,15H,3-5,7-8H2,1-2H3. The number of rotatable bonds is 3. The number of nitrogens with zero attached hydrogens (tertiary/aromatic N) is 1. The number of hydrogen-bond donors (Lipinski definition) is 1. The fourth-order valence-electron chi connectivity index (χ4n) is 2.83. The highest BCUT2D eigenvalue weighted by atomic mass is 16.5. The SMILES string of the molecule is CNC1CCCCCC1c1ncccc1OC. The molecule has 0 amide bonds. The Morgan fingerprint density at radius 2 is 2.12 bits per heavy atom. The minimum Gasteiger partial charge on any atom is -0.495 e. The van der Waals surface area contributed by atoms with Crippen LogP contribution in [0.5, 0.6) is 5.75 Å². The Hall–Kier alpha value is -1.09. The summed E-state index contributed by atoms with van der Waals surface area (Å²) in [6.45, 7) is 0. The van der Waals surface area contributed by atoms with E-state index in [2.05, 4.69) is 17.3 Å². The summed E-state index contributed by atoms with van der Waals surface area (Å²) >= 11 is 0. The number of aromatic nitrogens is 1. The molecule has 17 heavy (non-hydrogen) atoms. The zero-order valence-electron chi connectivity index (χ0n) is 10.8. The van der Waals surface area contributed by atoms with Crippen LogP contribution in [0.3, 0.4) is 0 Å². The first kappa shape index (κ1) is 12.4. The van der Waals surface area contributed by atoms with Crippen LogP contribution in [0.1, 0.15) is 43.7 Å². The van der Waals surface area contributed by atoms with E-state index < -0.39 is 0 Å². The molecule has 0 aromatic carbocycles. The quantitative estimate of drug-likeness (QED) is 0.817. The molecule has 1 N–H and O–H groups in total. The second-order valence-corrected chi connectivity index (χ2v) is 4.73. The van der Waals surface area contributed by atoms with E-state index in [1.807, 2.05) is 18.3 Å². The molecule has 1 saturated carbocycles. The highest BCUT2D eigenvalue weighted by molar-refractivity contribution is 5.31. The van der Waals surface area contributed by atoms with Crippen LogP contribution in [0.2, 0.25) is 0 Å². The molecule has 0 saturated heterocycles. The lowest BCUT2D eigenvalue weighted by Crippen LogP contribution is -2.31. The number of ether oxygens (including phenoxy) is 1. The molecular weight excluding hydrogens is 212 g/mol. The van der Waals surface area contributed by atoms with Crippen LogP contribution in [0.15, 0.2) is 18.3 Å². The summed E-state index contributed by atoms with van der Waals surface area (Å²) in [6.07, 6.45) is 8.26. The van der Waals surface area contributed by atoms with Crippen molar-refractivity contribution in [2.75, 3.05) is 14.2 Å². The highest BCUT2D eigenvalue weighted by Gasteiger charge is 2.27. The van der Waals surface area contributed by atoms with Gasteiger partial charge >= 0.3 is 0 Å². The predicted molar refractivity (Wildman–Crippen MR) is 69.5 cm³/mol. The summed E-state index contributed by atoms with van der Waals surface area (Å²) in [4.78, 5) is 4.55. The normalized spacial score (nSPS) is 25.3. The molecule has 1 aliphatic carbocycles. The lowest BCUT2D eigenvalue weighted by Gasteiger charge is -2.25. The average Bonchev–Trinajstić information content (AvgIpc) is 2.63. The molecule has 1 aromatic heterocycles. The molecule has 0 bridgehead atoms. The monoisotopic (exact) mass is 234 g/mol. The van der Waals surface area contributed by atoms with E-state index in [1.54, 1.807) is 7.11 Å². The van der Waals surface area contributed by atoms with E-state index in [4.69, 9.17) is 4.74 Å². The van der Waals surface area contributed by atoms with E-state index in [-0.39, 0.29) is 0 Å². The van der Waals surface area contributed by atoms with Gasteiger partial charge in [0.2, 0.25) is 0 Å². The summed E-state index contributed by atoms with van der Waals surface area (Å²) in [5.41, 5.74) is 1.12. The topological polar surface area (TPSA) is 34.2 Å². The van der Waals surface area contributed by atoms with Crippen molar-refractivity contribution in [1.82, 2.24) is 10.3 Å². The van der Waals surface area contributed by atoms with Crippen LogP contribution >= 0.6 is 0 Å². The Kier molecular flexibility index (Phi) is 4.37. The number of likely N-dealkylation sites (N-methyl/N-ethyl adjacent to an activating group) is 1. The van der Waals surface area contributed by atoms with Gasteiger partial charge in [-0.1, -0.05) is 19.3 Å². The molecule has 1 heterocycles. The van der Waals surface area contributed by atoms with Gasteiger partial charge in [-0.05, 0) is 32.0 Å². The maximum absolute atomic E-state index is 5.44. The number of hydrogen-bond acceptors (Lipinski definition) is 3. The van der Waals surface area contributed by atoms with Gasteiger partial charge in [-0.3, -0.25) is 4.98 Å². The number of nitrogens with one attached hydrogen (secondary N) is 1. The van der Waals surface area contributed by atoms with E-state index in [0.29, 0.717) is 12.0 Å². The summed E-state index contributed by atoms with van der Waals surface area (Å²) in [6, 6.07) is 4.48. The van der Waals surface area contributed by atoms with E-state index in [1.165, 1.54) is 32.1 Å². The van der Waals surface area contributed by atoms with Crippen molar-refractivity contribution in [3.05, 3.63) is 24.0 Å². The summed E-state index contributed by atoms with van der Waals surface area (Å²) in [5.74, 6) is 1.42. The van der Waals surface area contributed by atoms with Gasteiger partial charge < -0.3 is 10.1 Å². The Balaban J connectivity index is 2.28. The van der Waals surface area contributed by atoms with Gasteiger partial charge in [0.25, 0.3) is 0 Å². The molecule has 3 heteroatoms. The van der Waals surface area contributed by atoms with Gasteiger partial charge in [-0.25, -0.2) is 0 Å². The average molecular weight is 234 g/mol. The van der Waals surface area contributed by atoms with Gasteiger partial charge in [0.05, 0.1) is 12.8 Å². The van der Waals surface area contributed by atoms with Crippen LogP contribution in [0.4, 0.5) is 0 Å². The highest BCUT2D eigenvalue weighted by Crippen LogP contribution is 2.35. The Morgan fingerprint density at radius 3 is 2.88 bits per heavy atom. The second-order valence-electron chi connectivity index (χ2n) is 4.73. The van der Waals surface area contributed by atoms with Crippen molar-refractivity contribution in [3.63, 3.8) is 0 Å². The van der Waals surface area contributed by atoms with Gasteiger partial charge in [-0.2, -0.15) is 0 Å². The molecule has 2 rings (SSSR count). The molecule has 3 nitrogen and oxygen atoms in total. The van der Waals surface area contributed by atoms with Crippen LogP contribution in [0, 0.1) is 0 Å². The number of methoxy groups -OCH3 is 1. The van der Waals surface area contributed by atoms with Crippen molar-refractivity contribution < 1.29 is 4.74 Å². The van der Waals surface area contributed by atoms with Crippen molar-refractivity contribution in [2.45, 2.75) is 44.1 Å². The number of pyridine rings is 1. The lowest BCUT2D eigenvalue weighted by atomic mass is 9.90. The molecular formula is C14H22N2O. The van der Waals surface area contributed by atoms with Crippen molar-refractivity contribution in [2.24, 2.45) is 0 Å². The molecule has 0 radical (unpaired) electrons. The third-order valence-electron chi connectivity index (χ3n) is 3.76. The van der Waals surface area contributed by atoms with Crippen molar-refractivity contribution in [1.29, 1.82) is 0 Å². The van der Waals surface area contributed by atoms with Gasteiger partial charge in [-0.15, -0.1) is 0 Å². The first-order chi connectivity index (χ1) is 8.36. The van der Waals surface area contributed by atoms with Gasteiger partial charge in [0.15, 0.2) is 0 Å². The fourth-order valence-corrected chi connectivity index (χ4v) is 2.83. The van der Waals surface area contributed by atoms with Gasteiger partial charge in [0, 0.05) is 18.2 Å². The summed E-state index contributed by atoms with van der Waals surface area (Å²) in [5, 5.41) is 3.45. The Labute approximate surface area is 104 Å². The van der Waals surface area contributed by atoms with Crippen LogP contribution < -0.4 is 10.1 Å². The van der Waals surface area contributed by atoms with Crippen LogP contribution in [-0.4, -0.2) is 25.2 Å². The zero-order chi connectivity index (χ0) is 12.1. The van der Waals surface area contributed by atoms with Gasteiger partial charge in [0.1, 0.15) is 5.75 Å². The second kappa shape index (κ2) is 6.01. The molecule has 2 unspecified atom stereocenters. The molecule has 2 atom stereocenters. The predicted octanol–water partition coefficient (Wildman–Crippen LogP) is 2.73. The van der Waals surface area contributed by atoms with Crippen molar-refractivity contribution >= 4 is 0 Å². The van der Waals surface area contributed by atoms with Crippen molar-refractivity contribution in [3.8, 4) is 5.75 Å². The van der Waals surface area contributed by atoms with E-state index in [9.17, 15) is 0 Å². The van der Waals surface area contributed by atoms with E-state index in [0.717, 1.165) is 11.4 Å². The first-order valence-corrected chi connectivity index (χ1v) is 6.53. The molecule has 0 aliphatic heterocycles. The largest absolute Gasteiger partial charge is 0.495 e. The zero-order valence-corrected chi connectivity index (χ0v) is 10.8. The Morgan fingerprint density at radius 1 is 1.29 bits per heavy atom. The van der Waals surface area contributed by atoms with Crippen LogP contribution in [0.25, 0.3) is 0 Å². The van der Waals surface area contributed by atoms with E-state index >= 15 is 0 Å². The molecule has 1 aliphatic rings. The Bertz CT molecular complexity index is 354. The van der Waals surface area contributed by atoms with Crippen LogP contribution in [-0.2, 0) is 0 Å². The third kappa shape index (κ3) is 2.78. The molecule has 0 spiro atoms. The fraction of sp³-hybridized carbons (Fsp3) is 0.643. The maximum Gasteiger partial charge on any atom is 0.140 e. The summed E-state index contributed by atoms with van der Waals surface area (Å²) in [7, 11) is 3.78. The molecule has 1 aromatic rings. The summed E-state index contributed by atoms with van der Waals surface area (Å²) < 4.78 is 5.44.